The second-order valence-corrected chi connectivity index (χ2v) is 4.84. The van der Waals surface area contributed by atoms with Gasteiger partial charge in [-0.25, -0.2) is 14.8 Å². The van der Waals surface area contributed by atoms with Crippen molar-refractivity contribution >= 4 is 12.2 Å². The lowest BCUT2D eigenvalue weighted by Gasteiger charge is -2.19. The minimum atomic E-state index is -0.479. The van der Waals surface area contributed by atoms with Crippen LogP contribution in [0.5, 0.6) is 0 Å². The van der Waals surface area contributed by atoms with E-state index < -0.39 is 11.7 Å². The molecule has 0 aliphatic rings. The first-order chi connectivity index (χ1) is 8.37. The van der Waals surface area contributed by atoms with Crippen LogP contribution in [0.2, 0.25) is 0 Å². The van der Waals surface area contributed by atoms with Crippen LogP contribution in [0.15, 0.2) is 18.3 Å². The smallest absolute Gasteiger partial charge is 0.407 e. The minimum Gasteiger partial charge on any atom is -0.444 e. The molecule has 5 heteroatoms. The number of amides is 1. The van der Waals surface area contributed by atoms with E-state index in [4.69, 9.17) is 4.74 Å². The van der Waals surface area contributed by atoms with Crippen LogP contribution in [0.25, 0.3) is 6.08 Å². The molecular weight excluding hydrogens is 230 g/mol. The van der Waals surface area contributed by atoms with Gasteiger partial charge in [0.05, 0.1) is 0 Å². The van der Waals surface area contributed by atoms with Crippen molar-refractivity contribution in [1.29, 1.82) is 0 Å². The number of carbonyl (C=O) groups excluding carboxylic acids is 1. The summed E-state index contributed by atoms with van der Waals surface area (Å²) in [6.45, 7) is 7.75. The number of hydrogen-bond donors (Lipinski definition) is 1. The summed E-state index contributed by atoms with van der Waals surface area (Å²) in [5.74, 6) is 0.626. The maximum Gasteiger partial charge on any atom is 0.407 e. The molecule has 18 heavy (non-hydrogen) atoms. The highest BCUT2D eigenvalue weighted by Gasteiger charge is 2.14. The Labute approximate surface area is 107 Å². The number of ether oxygens (including phenoxy) is 1. The Morgan fingerprint density at radius 2 is 2.22 bits per heavy atom. The largest absolute Gasteiger partial charge is 0.444 e. The van der Waals surface area contributed by atoms with Crippen molar-refractivity contribution in [3.8, 4) is 0 Å². The minimum absolute atomic E-state index is 0.381. The predicted octanol–water partition coefficient (Wildman–Crippen LogP) is 2.32. The topological polar surface area (TPSA) is 64.1 Å². The maximum absolute atomic E-state index is 11.3. The molecule has 1 aromatic rings. The average molecular weight is 249 g/mol. The van der Waals surface area contributed by atoms with Crippen molar-refractivity contribution < 1.29 is 9.53 Å². The molecule has 0 saturated heterocycles. The van der Waals surface area contributed by atoms with Gasteiger partial charge in [0, 0.05) is 18.4 Å². The first-order valence-corrected chi connectivity index (χ1v) is 5.80. The summed E-state index contributed by atoms with van der Waals surface area (Å²) < 4.78 is 5.09. The molecule has 0 aliphatic heterocycles. The van der Waals surface area contributed by atoms with Crippen molar-refractivity contribution in [1.82, 2.24) is 15.3 Å². The molecule has 0 aliphatic carbocycles. The number of aryl methyl sites for hydroxylation is 1. The summed E-state index contributed by atoms with van der Waals surface area (Å²) in [6.07, 6.45) is 4.80. The fourth-order valence-electron chi connectivity index (χ4n) is 1.17. The Bertz CT molecular complexity index is 436. The lowest BCUT2D eigenvalue weighted by molar-refractivity contribution is 0.0534. The second-order valence-electron chi connectivity index (χ2n) is 4.84. The van der Waals surface area contributed by atoms with E-state index in [1.54, 1.807) is 18.3 Å². The third kappa shape index (κ3) is 5.98. The molecule has 0 saturated carbocycles. The summed E-state index contributed by atoms with van der Waals surface area (Å²) in [5, 5.41) is 2.62. The Morgan fingerprint density at radius 1 is 1.50 bits per heavy atom. The van der Waals surface area contributed by atoms with E-state index in [9.17, 15) is 4.79 Å². The summed E-state index contributed by atoms with van der Waals surface area (Å²) in [7, 11) is 0. The monoisotopic (exact) mass is 249 g/mol. The third-order valence-electron chi connectivity index (χ3n) is 1.84. The van der Waals surface area contributed by atoms with Crippen LogP contribution < -0.4 is 5.32 Å². The van der Waals surface area contributed by atoms with Crippen LogP contribution in [0.1, 0.15) is 32.3 Å². The van der Waals surface area contributed by atoms with Crippen LogP contribution in [0.3, 0.4) is 0 Å². The average Bonchev–Trinajstić information content (AvgIpc) is 2.22. The highest BCUT2D eigenvalue weighted by molar-refractivity contribution is 5.68. The van der Waals surface area contributed by atoms with E-state index in [-0.39, 0.29) is 0 Å². The predicted molar refractivity (Wildman–Crippen MR) is 70.0 cm³/mol. The van der Waals surface area contributed by atoms with Gasteiger partial charge >= 0.3 is 6.09 Å². The number of aromatic nitrogens is 2. The van der Waals surface area contributed by atoms with Gasteiger partial charge in [-0.3, -0.25) is 0 Å². The van der Waals surface area contributed by atoms with E-state index in [0.717, 1.165) is 5.69 Å². The number of nitrogens with zero attached hydrogens (tertiary/aromatic N) is 2. The van der Waals surface area contributed by atoms with Gasteiger partial charge in [-0.2, -0.15) is 0 Å². The van der Waals surface area contributed by atoms with E-state index in [1.165, 1.54) is 0 Å². The van der Waals surface area contributed by atoms with Crippen LogP contribution in [-0.4, -0.2) is 28.2 Å². The first-order valence-electron chi connectivity index (χ1n) is 5.80. The zero-order valence-corrected chi connectivity index (χ0v) is 11.2. The lowest BCUT2D eigenvalue weighted by Crippen LogP contribution is -2.32. The van der Waals surface area contributed by atoms with Crippen molar-refractivity contribution in [2.45, 2.75) is 33.3 Å². The van der Waals surface area contributed by atoms with Gasteiger partial charge in [-0.1, -0.05) is 6.08 Å². The Hall–Kier alpha value is -1.91. The van der Waals surface area contributed by atoms with E-state index in [0.29, 0.717) is 12.4 Å². The molecular formula is C13H19N3O2. The quantitative estimate of drug-likeness (QED) is 0.893. The Morgan fingerprint density at radius 3 is 2.83 bits per heavy atom. The molecule has 0 bridgehead atoms. The molecule has 1 amide bonds. The summed E-state index contributed by atoms with van der Waals surface area (Å²) in [5.41, 5.74) is 0.428. The van der Waals surface area contributed by atoms with Gasteiger partial charge in [-0.05, 0) is 39.8 Å². The van der Waals surface area contributed by atoms with Crippen molar-refractivity contribution in [2.24, 2.45) is 0 Å². The zero-order chi connectivity index (χ0) is 13.6. The maximum atomic E-state index is 11.3. The van der Waals surface area contributed by atoms with Gasteiger partial charge in [0.25, 0.3) is 0 Å². The van der Waals surface area contributed by atoms with E-state index in [2.05, 4.69) is 15.3 Å². The van der Waals surface area contributed by atoms with Crippen LogP contribution >= 0.6 is 0 Å². The summed E-state index contributed by atoms with van der Waals surface area (Å²) >= 11 is 0. The fraction of sp³-hybridized carbons (Fsp3) is 0.462. The van der Waals surface area contributed by atoms with Crippen LogP contribution in [-0.2, 0) is 4.74 Å². The number of hydrogen-bond acceptors (Lipinski definition) is 4. The highest BCUT2D eigenvalue weighted by atomic mass is 16.6. The van der Waals surface area contributed by atoms with E-state index >= 15 is 0 Å². The molecule has 1 rings (SSSR count). The number of nitrogens with one attached hydrogen (secondary N) is 1. The molecule has 98 valence electrons. The van der Waals surface area contributed by atoms with E-state index in [1.807, 2.05) is 33.8 Å². The molecule has 1 heterocycles. The second kappa shape index (κ2) is 6.14. The number of alkyl carbamates (subject to hydrolysis) is 1. The molecule has 0 fully saturated rings. The molecule has 0 unspecified atom stereocenters. The molecule has 5 nitrogen and oxygen atoms in total. The first kappa shape index (κ1) is 14.2. The zero-order valence-electron chi connectivity index (χ0n) is 11.2. The normalized spacial score (nSPS) is 11.6. The molecule has 1 N–H and O–H groups in total. The van der Waals surface area contributed by atoms with Crippen molar-refractivity contribution in [2.75, 3.05) is 6.54 Å². The van der Waals surface area contributed by atoms with Crippen molar-refractivity contribution in [3.63, 3.8) is 0 Å². The molecule has 0 radical (unpaired) electrons. The van der Waals surface area contributed by atoms with Crippen LogP contribution in [0, 0.1) is 6.92 Å². The van der Waals surface area contributed by atoms with Gasteiger partial charge in [-0.15, -0.1) is 0 Å². The highest BCUT2D eigenvalue weighted by Crippen LogP contribution is 2.06. The number of rotatable bonds is 3. The van der Waals surface area contributed by atoms with Gasteiger partial charge in [0.2, 0.25) is 0 Å². The van der Waals surface area contributed by atoms with Gasteiger partial charge < -0.3 is 10.1 Å². The summed E-state index contributed by atoms with van der Waals surface area (Å²) in [4.78, 5) is 19.6. The SMILES string of the molecule is Cc1ccnc(C=CCNC(=O)OC(C)(C)C)n1. The third-order valence-corrected chi connectivity index (χ3v) is 1.84. The standard InChI is InChI=1S/C13H19N3O2/c1-10-7-9-14-11(16-10)6-5-8-15-12(17)18-13(2,3)4/h5-7,9H,8H2,1-4H3,(H,15,17). The number of carbonyl (C=O) groups is 1. The van der Waals surface area contributed by atoms with Gasteiger partial charge in [0.15, 0.2) is 5.82 Å². The Balaban J connectivity index is 2.36. The molecule has 0 spiro atoms. The molecule has 0 aromatic carbocycles. The molecule has 1 aromatic heterocycles. The lowest BCUT2D eigenvalue weighted by atomic mass is 10.2. The van der Waals surface area contributed by atoms with Crippen molar-refractivity contribution in [3.05, 3.63) is 29.9 Å². The summed E-state index contributed by atoms with van der Waals surface area (Å²) in [6, 6.07) is 1.83. The molecule has 0 atom stereocenters. The van der Waals surface area contributed by atoms with Crippen LogP contribution in [0.4, 0.5) is 4.79 Å². The van der Waals surface area contributed by atoms with Gasteiger partial charge in [0.1, 0.15) is 5.60 Å². The Kier molecular flexibility index (Phi) is 4.83. The fourth-order valence-corrected chi connectivity index (χ4v) is 1.17.